The topological polar surface area (TPSA) is 20.3 Å². The average Bonchev–Trinajstić information content (AvgIpc) is 2.27. The van der Waals surface area contributed by atoms with Crippen LogP contribution in [0.4, 0.5) is 0 Å². The number of benzene rings is 1. The molecule has 1 aliphatic rings. The summed E-state index contributed by atoms with van der Waals surface area (Å²) in [4.78, 5) is 14.0. The zero-order valence-corrected chi connectivity index (χ0v) is 11.9. The van der Waals surface area contributed by atoms with Gasteiger partial charge in [-0.1, -0.05) is 23.8 Å². The molecule has 0 N–H and O–H groups in total. The van der Waals surface area contributed by atoms with Crippen LogP contribution in [0.3, 0.4) is 0 Å². The Hall–Kier alpha value is -1.15. The highest BCUT2D eigenvalue weighted by atomic mass is 16.1. The third-order valence-corrected chi connectivity index (χ3v) is 4.10. The second-order valence-electron chi connectivity index (χ2n) is 6.14. The van der Waals surface area contributed by atoms with Gasteiger partial charge in [0.25, 0.3) is 0 Å². The molecule has 1 saturated heterocycles. The normalized spacial score (nSPS) is 20.1. The van der Waals surface area contributed by atoms with Crippen LogP contribution >= 0.6 is 0 Å². The van der Waals surface area contributed by atoms with Gasteiger partial charge in [-0.25, -0.2) is 0 Å². The lowest BCUT2D eigenvalue weighted by Gasteiger charge is -2.42. The molecule has 1 aromatic carbocycles. The van der Waals surface area contributed by atoms with Crippen LogP contribution in [0.25, 0.3) is 0 Å². The lowest BCUT2D eigenvalue weighted by molar-refractivity contribution is -0.126. The minimum Gasteiger partial charge on any atom is -0.298 e. The summed E-state index contributed by atoms with van der Waals surface area (Å²) >= 11 is 0. The highest BCUT2D eigenvalue weighted by molar-refractivity contribution is 5.81. The third kappa shape index (κ3) is 2.81. The highest BCUT2D eigenvalue weighted by Gasteiger charge is 2.33. The van der Waals surface area contributed by atoms with Crippen LogP contribution in [0.1, 0.15) is 43.4 Å². The molecule has 1 aromatic rings. The SMILES string of the molecule is Cc1ccc(CN2CC(=O)CCC2(C)C)c(C)c1. The van der Waals surface area contributed by atoms with Crippen LogP contribution in [-0.2, 0) is 11.3 Å². The largest absolute Gasteiger partial charge is 0.298 e. The fourth-order valence-electron chi connectivity index (χ4n) is 2.61. The molecule has 0 atom stereocenters. The Morgan fingerprint density at radius 1 is 1.28 bits per heavy atom. The zero-order chi connectivity index (χ0) is 13.3. The molecule has 2 heteroatoms. The van der Waals surface area contributed by atoms with E-state index < -0.39 is 0 Å². The number of rotatable bonds is 2. The van der Waals surface area contributed by atoms with Crippen molar-refractivity contribution in [3.63, 3.8) is 0 Å². The van der Waals surface area contributed by atoms with Crippen molar-refractivity contribution in [1.29, 1.82) is 0 Å². The molecule has 98 valence electrons. The molecule has 0 bridgehead atoms. The van der Waals surface area contributed by atoms with Gasteiger partial charge in [-0.05, 0) is 45.2 Å². The van der Waals surface area contributed by atoms with Gasteiger partial charge in [-0.15, -0.1) is 0 Å². The van der Waals surface area contributed by atoms with Crippen LogP contribution in [-0.4, -0.2) is 22.8 Å². The Kier molecular flexibility index (Phi) is 3.58. The van der Waals surface area contributed by atoms with Gasteiger partial charge in [0.05, 0.1) is 6.54 Å². The van der Waals surface area contributed by atoms with Crippen LogP contribution in [0.2, 0.25) is 0 Å². The third-order valence-electron chi connectivity index (χ3n) is 4.10. The van der Waals surface area contributed by atoms with Crippen molar-refractivity contribution in [2.24, 2.45) is 0 Å². The first kappa shape index (κ1) is 13.3. The predicted octanol–water partition coefficient (Wildman–Crippen LogP) is 3.25. The summed E-state index contributed by atoms with van der Waals surface area (Å²) < 4.78 is 0. The van der Waals surface area contributed by atoms with Gasteiger partial charge < -0.3 is 0 Å². The molecular formula is C16H23NO. The summed E-state index contributed by atoms with van der Waals surface area (Å²) in [5.41, 5.74) is 4.09. The van der Waals surface area contributed by atoms with Crippen LogP contribution < -0.4 is 0 Å². The number of nitrogens with zero attached hydrogens (tertiary/aromatic N) is 1. The Morgan fingerprint density at radius 2 is 2.00 bits per heavy atom. The summed E-state index contributed by atoms with van der Waals surface area (Å²) in [7, 11) is 0. The van der Waals surface area contributed by atoms with E-state index in [9.17, 15) is 4.79 Å². The summed E-state index contributed by atoms with van der Waals surface area (Å²) in [6, 6.07) is 6.56. The first-order chi connectivity index (χ1) is 8.38. The fraction of sp³-hybridized carbons (Fsp3) is 0.562. The van der Waals surface area contributed by atoms with E-state index in [1.807, 2.05) is 0 Å². The molecule has 0 amide bonds. The molecule has 0 aromatic heterocycles. The van der Waals surface area contributed by atoms with Crippen molar-refractivity contribution in [3.8, 4) is 0 Å². The van der Waals surface area contributed by atoms with Gasteiger partial charge >= 0.3 is 0 Å². The second kappa shape index (κ2) is 4.85. The maximum Gasteiger partial charge on any atom is 0.146 e. The van der Waals surface area contributed by atoms with E-state index in [1.165, 1.54) is 16.7 Å². The summed E-state index contributed by atoms with van der Waals surface area (Å²) in [5.74, 6) is 0.374. The van der Waals surface area contributed by atoms with Crippen molar-refractivity contribution < 1.29 is 4.79 Å². The first-order valence-electron chi connectivity index (χ1n) is 6.71. The minimum atomic E-state index is 0.130. The van der Waals surface area contributed by atoms with E-state index in [2.05, 4.69) is 50.8 Å². The molecule has 1 fully saturated rings. The number of carbonyl (C=O) groups is 1. The lowest BCUT2D eigenvalue weighted by Crippen LogP contribution is -2.50. The maximum absolute atomic E-state index is 11.6. The number of piperidine rings is 1. The van der Waals surface area contributed by atoms with Crippen molar-refractivity contribution in [2.75, 3.05) is 6.54 Å². The van der Waals surface area contributed by atoms with Crippen LogP contribution in [0, 0.1) is 13.8 Å². The van der Waals surface area contributed by atoms with Crippen molar-refractivity contribution in [1.82, 2.24) is 4.90 Å². The van der Waals surface area contributed by atoms with Gasteiger partial charge in [0.2, 0.25) is 0 Å². The number of hydrogen-bond donors (Lipinski definition) is 0. The molecule has 18 heavy (non-hydrogen) atoms. The molecule has 1 heterocycles. The van der Waals surface area contributed by atoms with Crippen molar-refractivity contribution in [2.45, 2.75) is 52.6 Å². The van der Waals surface area contributed by atoms with E-state index >= 15 is 0 Å². The molecule has 1 aliphatic heterocycles. The second-order valence-corrected chi connectivity index (χ2v) is 6.14. The Labute approximate surface area is 110 Å². The van der Waals surface area contributed by atoms with Crippen molar-refractivity contribution >= 4 is 5.78 Å². The predicted molar refractivity (Wildman–Crippen MR) is 74.6 cm³/mol. The molecule has 0 radical (unpaired) electrons. The van der Waals surface area contributed by atoms with Crippen LogP contribution in [0.15, 0.2) is 18.2 Å². The molecule has 2 nitrogen and oxygen atoms in total. The molecule has 0 aliphatic carbocycles. The molecule has 0 saturated carbocycles. The van der Waals surface area contributed by atoms with E-state index in [0.717, 1.165) is 19.4 Å². The smallest absolute Gasteiger partial charge is 0.146 e. The summed E-state index contributed by atoms with van der Waals surface area (Å²) in [6.45, 7) is 10.2. The Bertz CT molecular complexity index is 462. The number of Topliss-reactive ketones (excluding diaryl/α,β-unsaturated/α-hetero) is 1. The summed E-state index contributed by atoms with van der Waals surface area (Å²) in [5, 5.41) is 0. The van der Waals surface area contributed by atoms with Gasteiger partial charge in [0.15, 0.2) is 0 Å². The van der Waals surface area contributed by atoms with Gasteiger partial charge in [-0.2, -0.15) is 0 Å². The quantitative estimate of drug-likeness (QED) is 0.797. The molecular weight excluding hydrogens is 222 g/mol. The number of ketones is 1. The first-order valence-corrected chi connectivity index (χ1v) is 6.71. The van der Waals surface area contributed by atoms with Gasteiger partial charge in [-0.3, -0.25) is 9.69 Å². The number of carbonyl (C=O) groups excluding carboxylic acids is 1. The highest BCUT2D eigenvalue weighted by Crippen LogP contribution is 2.28. The van der Waals surface area contributed by atoms with Crippen LogP contribution in [0.5, 0.6) is 0 Å². The van der Waals surface area contributed by atoms with E-state index in [-0.39, 0.29) is 5.54 Å². The van der Waals surface area contributed by atoms with E-state index in [0.29, 0.717) is 12.3 Å². The van der Waals surface area contributed by atoms with Gasteiger partial charge in [0.1, 0.15) is 5.78 Å². The molecule has 0 unspecified atom stereocenters. The monoisotopic (exact) mass is 245 g/mol. The van der Waals surface area contributed by atoms with Gasteiger partial charge in [0, 0.05) is 18.5 Å². The Balaban J connectivity index is 2.18. The minimum absolute atomic E-state index is 0.130. The molecule has 0 spiro atoms. The van der Waals surface area contributed by atoms with E-state index in [4.69, 9.17) is 0 Å². The Morgan fingerprint density at radius 3 is 2.67 bits per heavy atom. The number of hydrogen-bond acceptors (Lipinski definition) is 2. The zero-order valence-electron chi connectivity index (χ0n) is 11.9. The lowest BCUT2D eigenvalue weighted by atomic mass is 9.89. The standard InChI is InChI=1S/C16H23NO/c1-12-5-6-14(13(2)9-12)10-17-11-15(18)7-8-16(17,3)4/h5-6,9H,7-8,10-11H2,1-4H3. The van der Waals surface area contributed by atoms with Crippen molar-refractivity contribution in [3.05, 3.63) is 34.9 Å². The maximum atomic E-state index is 11.6. The number of aryl methyl sites for hydroxylation is 2. The number of likely N-dealkylation sites (tertiary alicyclic amines) is 1. The average molecular weight is 245 g/mol. The summed E-state index contributed by atoms with van der Waals surface area (Å²) in [6.07, 6.45) is 1.70. The molecule has 2 rings (SSSR count). The fourth-order valence-corrected chi connectivity index (χ4v) is 2.61. The van der Waals surface area contributed by atoms with E-state index in [1.54, 1.807) is 0 Å².